The first kappa shape index (κ1) is 15.0. The Morgan fingerprint density at radius 1 is 1.29 bits per heavy atom. The lowest BCUT2D eigenvalue weighted by Crippen LogP contribution is -2.19. The van der Waals surface area contributed by atoms with E-state index < -0.39 is 35.0 Å². The van der Waals surface area contributed by atoms with Crippen LogP contribution in [0, 0.1) is 0 Å². The predicted molar refractivity (Wildman–Crippen MR) is 68.9 cm³/mol. The zero-order valence-electron chi connectivity index (χ0n) is 10.1. The summed E-state index contributed by atoms with van der Waals surface area (Å²) in [6.45, 7) is 0. The van der Waals surface area contributed by atoms with Crippen molar-refractivity contribution in [3.05, 3.63) is 40.5 Å². The Bertz CT molecular complexity index is 719. The number of carboxylic acid groups (broad SMARTS) is 1. The van der Waals surface area contributed by atoms with Gasteiger partial charge < -0.3 is 10.8 Å². The maximum atomic E-state index is 12.9. The van der Waals surface area contributed by atoms with Crippen molar-refractivity contribution in [3.63, 3.8) is 0 Å². The second-order valence-corrected chi connectivity index (χ2v) is 4.40. The number of carboxylic acids is 1. The van der Waals surface area contributed by atoms with Gasteiger partial charge in [0.15, 0.2) is 5.69 Å². The number of nitrogens with zero attached hydrogens (tertiary/aromatic N) is 2. The Morgan fingerprint density at radius 2 is 1.95 bits per heavy atom. The van der Waals surface area contributed by atoms with E-state index in [1.807, 2.05) is 0 Å². The van der Waals surface area contributed by atoms with Crippen LogP contribution in [0.1, 0.15) is 16.1 Å². The van der Waals surface area contributed by atoms with Crippen molar-refractivity contribution < 1.29 is 23.1 Å². The van der Waals surface area contributed by atoms with E-state index in [0.717, 1.165) is 0 Å². The van der Waals surface area contributed by atoms with Gasteiger partial charge in [0, 0.05) is 10.6 Å². The van der Waals surface area contributed by atoms with Crippen LogP contribution in [0.2, 0.25) is 5.02 Å². The van der Waals surface area contributed by atoms with Gasteiger partial charge in [0.05, 0.1) is 5.69 Å². The number of nitrogen functional groups attached to an aromatic ring is 1. The number of halogens is 4. The molecule has 110 valence electrons. The predicted octanol–water partition coefficient (Wildman–Crippen LogP) is 3.10. The summed E-state index contributed by atoms with van der Waals surface area (Å²) >= 11 is 5.75. The van der Waals surface area contributed by atoms with E-state index in [1.165, 1.54) is 24.3 Å². The van der Waals surface area contributed by atoms with E-state index in [2.05, 4.69) is 9.97 Å². The topological polar surface area (TPSA) is 89.1 Å². The number of anilines is 1. The first-order valence-electron chi connectivity index (χ1n) is 5.44. The van der Waals surface area contributed by atoms with Crippen LogP contribution in [0.3, 0.4) is 0 Å². The van der Waals surface area contributed by atoms with Crippen LogP contribution in [-0.4, -0.2) is 21.0 Å². The molecule has 0 saturated heterocycles. The summed E-state index contributed by atoms with van der Waals surface area (Å²) in [6, 6.07) is 5.60. The minimum atomic E-state index is -4.97. The smallest absolute Gasteiger partial charge is 0.434 e. The molecule has 9 heteroatoms. The monoisotopic (exact) mass is 317 g/mol. The summed E-state index contributed by atoms with van der Waals surface area (Å²) in [5.74, 6) is -2.49. The standard InChI is InChI=1S/C12H7ClF3N3O2/c13-6-3-1-2-5(4-6)8-7(10(20)21)9(12(14,15)16)19-11(17)18-8/h1-4H,(H,20,21)(H2,17,18,19). The molecule has 1 aromatic heterocycles. The fourth-order valence-electron chi connectivity index (χ4n) is 1.73. The van der Waals surface area contributed by atoms with Crippen LogP contribution in [0.15, 0.2) is 24.3 Å². The third kappa shape index (κ3) is 3.05. The van der Waals surface area contributed by atoms with Gasteiger partial charge in [0.2, 0.25) is 5.95 Å². The zero-order valence-corrected chi connectivity index (χ0v) is 10.9. The van der Waals surface area contributed by atoms with Crippen LogP contribution < -0.4 is 5.73 Å². The highest BCUT2D eigenvalue weighted by Crippen LogP contribution is 2.35. The second kappa shape index (κ2) is 5.21. The molecule has 0 fully saturated rings. The first-order chi connectivity index (χ1) is 9.70. The van der Waals surface area contributed by atoms with Gasteiger partial charge >= 0.3 is 12.1 Å². The van der Waals surface area contributed by atoms with Crippen molar-refractivity contribution in [3.8, 4) is 11.3 Å². The fourth-order valence-corrected chi connectivity index (χ4v) is 1.92. The molecular weight excluding hydrogens is 311 g/mol. The average Bonchev–Trinajstić information content (AvgIpc) is 2.36. The van der Waals surface area contributed by atoms with Gasteiger partial charge in [0.1, 0.15) is 5.56 Å². The fraction of sp³-hybridized carbons (Fsp3) is 0.0833. The Balaban J connectivity index is 2.82. The number of aromatic carboxylic acids is 1. The Kier molecular flexibility index (Phi) is 3.73. The number of alkyl halides is 3. The highest BCUT2D eigenvalue weighted by Gasteiger charge is 2.40. The number of hydrogen-bond donors (Lipinski definition) is 2. The largest absolute Gasteiger partial charge is 0.478 e. The molecule has 0 aliphatic rings. The van der Waals surface area contributed by atoms with Crippen molar-refractivity contribution in [2.45, 2.75) is 6.18 Å². The quantitative estimate of drug-likeness (QED) is 0.888. The summed E-state index contributed by atoms with van der Waals surface area (Å²) in [6.07, 6.45) is -4.97. The van der Waals surface area contributed by atoms with Crippen molar-refractivity contribution in [1.82, 2.24) is 9.97 Å². The lowest BCUT2D eigenvalue weighted by atomic mass is 10.0. The number of aromatic nitrogens is 2. The van der Waals surface area contributed by atoms with Crippen LogP contribution >= 0.6 is 11.6 Å². The average molecular weight is 318 g/mol. The van der Waals surface area contributed by atoms with Gasteiger partial charge in [-0.15, -0.1) is 0 Å². The van der Waals surface area contributed by atoms with Crippen molar-refractivity contribution in [2.75, 3.05) is 5.73 Å². The molecule has 2 aromatic rings. The molecule has 0 amide bonds. The van der Waals surface area contributed by atoms with E-state index in [4.69, 9.17) is 22.4 Å². The Labute approximate surface area is 121 Å². The minimum Gasteiger partial charge on any atom is -0.478 e. The van der Waals surface area contributed by atoms with Gasteiger partial charge in [0.25, 0.3) is 0 Å². The SMILES string of the molecule is Nc1nc(-c2cccc(Cl)c2)c(C(=O)O)c(C(F)(F)F)n1. The van der Waals surface area contributed by atoms with Crippen LogP contribution in [0.4, 0.5) is 19.1 Å². The third-order valence-electron chi connectivity index (χ3n) is 2.51. The normalized spacial score (nSPS) is 11.4. The van der Waals surface area contributed by atoms with Crippen LogP contribution in [-0.2, 0) is 6.18 Å². The molecule has 5 nitrogen and oxygen atoms in total. The molecule has 21 heavy (non-hydrogen) atoms. The van der Waals surface area contributed by atoms with E-state index in [0.29, 0.717) is 0 Å². The van der Waals surface area contributed by atoms with E-state index in [-0.39, 0.29) is 10.6 Å². The second-order valence-electron chi connectivity index (χ2n) is 3.97. The van der Waals surface area contributed by atoms with Gasteiger partial charge in [-0.25, -0.2) is 14.8 Å². The van der Waals surface area contributed by atoms with Gasteiger partial charge in [-0.3, -0.25) is 0 Å². The Hall–Kier alpha value is -2.35. The lowest BCUT2D eigenvalue weighted by Gasteiger charge is -2.13. The molecular formula is C12H7ClF3N3O2. The van der Waals surface area contributed by atoms with Crippen molar-refractivity contribution in [2.24, 2.45) is 0 Å². The molecule has 1 heterocycles. The van der Waals surface area contributed by atoms with E-state index in [9.17, 15) is 18.0 Å². The minimum absolute atomic E-state index is 0.0968. The molecule has 1 aromatic carbocycles. The third-order valence-corrected chi connectivity index (χ3v) is 2.74. The van der Waals surface area contributed by atoms with Gasteiger partial charge in [-0.2, -0.15) is 13.2 Å². The van der Waals surface area contributed by atoms with Gasteiger partial charge in [-0.1, -0.05) is 23.7 Å². The number of hydrogen-bond acceptors (Lipinski definition) is 4. The Morgan fingerprint density at radius 3 is 2.48 bits per heavy atom. The summed E-state index contributed by atoms with van der Waals surface area (Å²) < 4.78 is 38.8. The summed E-state index contributed by atoms with van der Waals surface area (Å²) in [5.41, 5.74) is 2.24. The maximum Gasteiger partial charge on any atom is 0.434 e. The highest BCUT2D eigenvalue weighted by molar-refractivity contribution is 6.30. The maximum absolute atomic E-state index is 12.9. The number of rotatable bonds is 2. The molecule has 0 unspecified atom stereocenters. The molecule has 0 spiro atoms. The summed E-state index contributed by atoms with van der Waals surface area (Å²) in [4.78, 5) is 17.8. The zero-order chi connectivity index (χ0) is 15.8. The van der Waals surface area contributed by atoms with E-state index >= 15 is 0 Å². The summed E-state index contributed by atoms with van der Waals surface area (Å²) in [7, 11) is 0. The molecule has 0 radical (unpaired) electrons. The lowest BCUT2D eigenvalue weighted by molar-refractivity contribution is -0.141. The molecule has 0 aliphatic carbocycles. The van der Waals surface area contributed by atoms with Crippen molar-refractivity contribution >= 4 is 23.5 Å². The molecule has 0 aliphatic heterocycles. The van der Waals surface area contributed by atoms with Crippen LogP contribution in [0.25, 0.3) is 11.3 Å². The number of benzene rings is 1. The van der Waals surface area contributed by atoms with Crippen molar-refractivity contribution in [1.29, 1.82) is 0 Å². The van der Waals surface area contributed by atoms with Crippen LogP contribution in [0.5, 0.6) is 0 Å². The molecule has 0 bridgehead atoms. The molecule has 0 atom stereocenters. The molecule has 3 N–H and O–H groups in total. The van der Waals surface area contributed by atoms with E-state index in [1.54, 1.807) is 0 Å². The highest BCUT2D eigenvalue weighted by atomic mass is 35.5. The molecule has 0 saturated carbocycles. The summed E-state index contributed by atoms with van der Waals surface area (Å²) in [5, 5.41) is 9.29. The molecule has 2 rings (SSSR count). The number of carbonyl (C=O) groups is 1. The van der Waals surface area contributed by atoms with Gasteiger partial charge in [-0.05, 0) is 12.1 Å². The number of nitrogens with two attached hydrogens (primary N) is 1. The first-order valence-corrected chi connectivity index (χ1v) is 5.82.